The van der Waals surface area contributed by atoms with Crippen molar-refractivity contribution >= 4 is 0 Å². The molecule has 1 aliphatic carbocycles. The molecule has 1 saturated heterocycles. The second-order valence-corrected chi connectivity index (χ2v) is 6.01. The Morgan fingerprint density at radius 1 is 1.32 bits per heavy atom. The summed E-state index contributed by atoms with van der Waals surface area (Å²) < 4.78 is 0. The number of benzene rings is 1. The fraction of sp³-hybridized carbons (Fsp3) is 0.562. The van der Waals surface area contributed by atoms with Crippen LogP contribution in [0, 0.1) is 16.7 Å². The summed E-state index contributed by atoms with van der Waals surface area (Å²) in [5.41, 5.74) is 2.19. The Morgan fingerprint density at radius 2 is 2.11 bits per heavy atom. The molecule has 1 unspecified atom stereocenters. The van der Waals surface area contributed by atoms with E-state index in [0.29, 0.717) is 0 Å². The lowest BCUT2D eigenvalue weighted by molar-refractivity contribution is -0.100. The van der Waals surface area contributed by atoms with Crippen LogP contribution >= 0.6 is 0 Å². The van der Waals surface area contributed by atoms with Crippen LogP contribution in [0.2, 0.25) is 0 Å². The van der Waals surface area contributed by atoms with Crippen LogP contribution in [0.5, 0.6) is 0 Å². The summed E-state index contributed by atoms with van der Waals surface area (Å²) in [7, 11) is 0. The minimum absolute atomic E-state index is 0.0587. The second-order valence-electron chi connectivity index (χ2n) is 6.01. The van der Waals surface area contributed by atoms with E-state index in [2.05, 4.69) is 17.0 Å². The molecule has 1 aromatic rings. The van der Waals surface area contributed by atoms with Gasteiger partial charge in [-0.2, -0.15) is 5.26 Å². The van der Waals surface area contributed by atoms with Crippen LogP contribution in [0.3, 0.4) is 0 Å². The normalized spacial score (nSPS) is 25.8. The molecule has 0 aromatic heterocycles. The SMILES string of the molecule is N#Cc1cccc(CN2CCC3(CCC3O)CC2)c1. The third-order valence-electron chi connectivity index (χ3n) is 4.94. The molecule has 0 bridgehead atoms. The van der Waals surface area contributed by atoms with E-state index in [1.54, 1.807) is 0 Å². The van der Waals surface area contributed by atoms with E-state index in [0.717, 1.165) is 44.5 Å². The molecule has 1 saturated carbocycles. The highest BCUT2D eigenvalue weighted by Gasteiger charge is 2.47. The summed E-state index contributed by atoms with van der Waals surface area (Å²) in [6.07, 6.45) is 4.37. The molecule has 100 valence electrons. The van der Waals surface area contributed by atoms with Crippen LogP contribution < -0.4 is 0 Å². The van der Waals surface area contributed by atoms with Crippen molar-refractivity contribution in [2.75, 3.05) is 13.1 Å². The Balaban J connectivity index is 1.59. The van der Waals surface area contributed by atoms with E-state index < -0.39 is 0 Å². The molecule has 3 heteroatoms. The molecular weight excluding hydrogens is 236 g/mol. The maximum absolute atomic E-state index is 9.91. The molecule has 1 aliphatic heterocycles. The van der Waals surface area contributed by atoms with Gasteiger partial charge in [-0.3, -0.25) is 4.90 Å². The molecule has 1 atom stereocenters. The van der Waals surface area contributed by atoms with Crippen LogP contribution in [0.1, 0.15) is 36.8 Å². The second kappa shape index (κ2) is 4.96. The average Bonchev–Trinajstić information content (AvgIpc) is 2.47. The van der Waals surface area contributed by atoms with Crippen molar-refractivity contribution in [1.29, 1.82) is 5.26 Å². The smallest absolute Gasteiger partial charge is 0.0991 e. The fourth-order valence-corrected chi connectivity index (χ4v) is 3.42. The number of hydrogen-bond donors (Lipinski definition) is 1. The average molecular weight is 256 g/mol. The molecule has 0 amide bonds. The first-order chi connectivity index (χ1) is 9.22. The van der Waals surface area contributed by atoms with Crippen LogP contribution in [0.15, 0.2) is 24.3 Å². The zero-order chi connectivity index (χ0) is 13.3. The van der Waals surface area contributed by atoms with Gasteiger partial charge < -0.3 is 5.11 Å². The molecule has 0 radical (unpaired) electrons. The quantitative estimate of drug-likeness (QED) is 0.883. The monoisotopic (exact) mass is 256 g/mol. The molecule has 3 nitrogen and oxygen atoms in total. The molecule has 3 rings (SSSR count). The van der Waals surface area contributed by atoms with Gasteiger partial charge in [0.2, 0.25) is 0 Å². The van der Waals surface area contributed by atoms with Crippen molar-refractivity contribution in [3.63, 3.8) is 0 Å². The van der Waals surface area contributed by atoms with E-state index in [4.69, 9.17) is 5.26 Å². The summed E-state index contributed by atoms with van der Waals surface area (Å²) in [6.45, 7) is 3.05. The molecule has 2 aliphatic rings. The minimum atomic E-state index is -0.0587. The first-order valence-electron chi connectivity index (χ1n) is 7.11. The number of rotatable bonds is 2. The summed E-state index contributed by atoms with van der Waals surface area (Å²) in [5, 5.41) is 18.8. The number of likely N-dealkylation sites (tertiary alicyclic amines) is 1. The topological polar surface area (TPSA) is 47.3 Å². The summed E-state index contributed by atoms with van der Waals surface area (Å²) in [6, 6.07) is 10.1. The van der Waals surface area contributed by atoms with Gasteiger partial charge in [0, 0.05) is 6.54 Å². The predicted octanol–water partition coefficient (Wildman–Crippen LogP) is 2.30. The summed E-state index contributed by atoms with van der Waals surface area (Å²) in [5.74, 6) is 0. The summed E-state index contributed by atoms with van der Waals surface area (Å²) in [4.78, 5) is 2.44. The minimum Gasteiger partial charge on any atom is -0.393 e. The fourth-order valence-electron chi connectivity index (χ4n) is 3.42. The van der Waals surface area contributed by atoms with Crippen molar-refractivity contribution in [3.8, 4) is 6.07 Å². The molecular formula is C16H20N2O. The van der Waals surface area contributed by atoms with Gasteiger partial charge in [-0.1, -0.05) is 12.1 Å². The van der Waals surface area contributed by atoms with Gasteiger partial charge in [-0.25, -0.2) is 0 Å². The van der Waals surface area contributed by atoms with Crippen molar-refractivity contribution in [3.05, 3.63) is 35.4 Å². The molecule has 1 aromatic carbocycles. The maximum atomic E-state index is 9.91. The Kier molecular flexibility index (Phi) is 3.30. The zero-order valence-electron chi connectivity index (χ0n) is 11.2. The van der Waals surface area contributed by atoms with Crippen molar-refractivity contribution in [2.45, 2.75) is 38.3 Å². The third kappa shape index (κ3) is 2.39. The van der Waals surface area contributed by atoms with Gasteiger partial charge in [0.15, 0.2) is 0 Å². The van der Waals surface area contributed by atoms with Gasteiger partial charge in [-0.15, -0.1) is 0 Å². The Morgan fingerprint density at radius 3 is 2.68 bits per heavy atom. The Labute approximate surface area is 114 Å². The van der Waals surface area contributed by atoms with Gasteiger partial charge in [0.05, 0.1) is 17.7 Å². The van der Waals surface area contributed by atoms with Gasteiger partial charge in [-0.05, 0) is 61.9 Å². The summed E-state index contributed by atoms with van der Waals surface area (Å²) >= 11 is 0. The standard InChI is InChI=1S/C16H20N2O/c17-11-13-2-1-3-14(10-13)12-18-8-6-16(7-9-18)5-4-15(16)19/h1-3,10,15,19H,4-9,12H2. The van der Waals surface area contributed by atoms with E-state index in [1.807, 2.05) is 18.2 Å². The number of nitriles is 1. The molecule has 1 heterocycles. The molecule has 1 N–H and O–H groups in total. The van der Waals surface area contributed by atoms with Crippen LogP contribution in [-0.2, 0) is 6.54 Å². The largest absolute Gasteiger partial charge is 0.393 e. The van der Waals surface area contributed by atoms with Crippen LogP contribution in [-0.4, -0.2) is 29.2 Å². The number of hydrogen-bond acceptors (Lipinski definition) is 3. The number of nitrogens with zero attached hydrogens (tertiary/aromatic N) is 2. The first kappa shape index (κ1) is 12.7. The lowest BCUT2D eigenvalue weighted by Crippen LogP contribution is -2.51. The zero-order valence-corrected chi connectivity index (χ0v) is 11.2. The van der Waals surface area contributed by atoms with Gasteiger partial charge in [0.1, 0.15) is 0 Å². The molecule has 19 heavy (non-hydrogen) atoms. The maximum Gasteiger partial charge on any atom is 0.0991 e. The van der Waals surface area contributed by atoms with Crippen LogP contribution in [0.25, 0.3) is 0 Å². The van der Waals surface area contributed by atoms with Crippen molar-refractivity contribution in [2.24, 2.45) is 5.41 Å². The highest BCUT2D eigenvalue weighted by atomic mass is 16.3. The number of aliphatic hydroxyl groups is 1. The molecule has 1 spiro atoms. The molecule has 2 fully saturated rings. The Bertz CT molecular complexity index is 498. The predicted molar refractivity (Wildman–Crippen MR) is 73.3 cm³/mol. The lowest BCUT2D eigenvalue weighted by Gasteiger charge is -2.51. The van der Waals surface area contributed by atoms with Crippen LogP contribution in [0.4, 0.5) is 0 Å². The van der Waals surface area contributed by atoms with Crippen molar-refractivity contribution < 1.29 is 5.11 Å². The number of piperidine rings is 1. The highest BCUT2D eigenvalue weighted by molar-refractivity contribution is 5.32. The van der Waals surface area contributed by atoms with Crippen molar-refractivity contribution in [1.82, 2.24) is 4.90 Å². The van der Waals surface area contributed by atoms with E-state index >= 15 is 0 Å². The van der Waals surface area contributed by atoms with Gasteiger partial charge in [0.25, 0.3) is 0 Å². The van der Waals surface area contributed by atoms with E-state index in [1.165, 1.54) is 12.0 Å². The van der Waals surface area contributed by atoms with E-state index in [-0.39, 0.29) is 11.5 Å². The number of aliphatic hydroxyl groups excluding tert-OH is 1. The van der Waals surface area contributed by atoms with E-state index in [9.17, 15) is 5.11 Å². The highest BCUT2D eigenvalue weighted by Crippen LogP contribution is 2.49. The Hall–Kier alpha value is -1.37. The third-order valence-corrected chi connectivity index (χ3v) is 4.94. The lowest BCUT2D eigenvalue weighted by atomic mass is 9.61. The van der Waals surface area contributed by atoms with Gasteiger partial charge >= 0.3 is 0 Å². The first-order valence-corrected chi connectivity index (χ1v) is 7.11.